The summed E-state index contributed by atoms with van der Waals surface area (Å²) in [5.74, 6) is -0.412. The summed E-state index contributed by atoms with van der Waals surface area (Å²) in [4.78, 5) is 24.9. The van der Waals surface area contributed by atoms with E-state index in [1.165, 1.54) is 0 Å². The largest absolute Gasteiger partial charge is 0.368 e. The highest BCUT2D eigenvalue weighted by Gasteiger charge is 2.31. The van der Waals surface area contributed by atoms with Crippen LogP contribution in [-0.2, 0) is 9.59 Å². The summed E-state index contributed by atoms with van der Waals surface area (Å²) in [6.07, 6.45) is 3.78. The maximum absolute atomic E-state index is 12.3. The van der Waals surface area contributed by atoms with E-state index in [9.17, 15) is 9.59 Å². The maximum atomic E-state index is 12.3. The second kappa shape index (κ2) is 7.30. The number of carbonyl (C=O) groups excluding carboxylic acids is 2. The van der Waals surface area contributed by atoms with Gasteiger partial charge in [-0.05, 0) is 12.8 Å². The van der Waals surface area contributed by atoms with Gasteiger partial charge >= 0.3 is 0 Å². The standard InChI is InChI=1S/C13H26N2O2/c1-5-7-8-13(3,4)12(17)15(9-6-2)10-11(14)16/h5-10H2,1-4H3,(H2,14,16). The van der Waals surface area contributed by atoms with Crippen LogP contribution in [0.2, 0.25) is 0 Å². The van der Waals surface area contributed by atoms with Gasteiger partial charge in [0.25, 0.3) is 0 Å². The van der Waals surface area contributed by atoms with Gasteiger partial charge in [-0.3, -0.25) is 9.59 Å². The number of nitrogens with two attached hydrogens (primary N) is 1. The van der Waals surface area contributed by atoms with Crippen LogP contribution in [0.3, 0.4) is 0 Å². The van der Waals surface area contributed by atoms with Crippen LogP contribution in [-0.4, -0.2) is 29.8 Å². The van der Waals surface area contributed by atoms with Crippen LogP contribution in [0.25, 0.3) is 0 Å². The van der Waals surface area contributed by atoms with E-state index < -0.39 is 11.3 Å². The summed E-state index contributed by atoms with van der Waals surface area (Å²) in [6.45, 7) is 8.59. The molecule has 0 unspecified atom stereocenters. The van der Waals surface area contributed by atoms with Gasteiger partial charge in [-0.1, -0.05) is 40.5 Å². The SMILES string of the molecule is CCCCC(C)(C)C(=O)N(CCC)CC(N)=O. The van der Waals surface area contributed by atoms with Crippen LogP contribution in [0.15, 0.2) is 0 Å². The zero-order valence-corrected chi connectivity index (χ0v) is 11.6. The Kier molecular flexibility index (Phi) is 6.85. The molecule has 0 aromatic rings. The summed E-state index contributed by atoms with van der Waals surface area (Å²) < 4.78 is 0. The first-order valence-electron chi connectivity index (χ1n) is 6.42. The highest BCUT2D eigenvalue weighted by Crippen LogP contribution is 2.26. The molecule has 4 nitrogen and oxygen atoms in total. The molecule has 2 amide bonds. The number of unbranched alkanes of at least 4 members (excludes halogenated alkanes) is 1. The predicted molar refractivity (Wildman–Crippen MR) is 69.4 cm³/mol. The minimum Gasteiger partial charge on any atom is -0.368 e. The third kappa shape index (κ3) is 5.71. The van der Waals surface area contributed by atoms with E-state index in [0.717, 1.165) is 25.7 Å². The van der Waals surface area contributed by atoms with Crippen molar-refractivity contribution in [1.29, 1.82) is 0 Å². The molecule has 17 heavy (non-hydrogen) atoms. The minimum atomic E-state index is -0.446. The quantitative estimate of drug-likeness (QED) is 0.707. The Morgan fingerprint density at radius 1 is 1.18 bits per heavy atom. The van der Waals surface area contributed by atoms with Crippen molar-refractivity contribution in [2.75, 3.05) is 13.1 Å². The van der Waals surface area contributed by atoms with Crippen molar-refractivity contribution in [3.8, 4) is 0 Å². The Labute approximate surface area is 105 Å². The molecule has 0 spiro atoms. The molecule has 100 valence electrons. The summed E-state index contributed by atoms with van der Waals surface area (Å²) in [5.41, 5.74) is 4.77. The van der Waals surface area contributed by atoms with Gasteiger partial charge in [-0.15, -0.1) is 0 Å². The number of rotatable bonds is 8. The van der Waals surface area contributed by atoms with Crippen LogP contribution in [0.1, 0.15) is 53.4 Å². The average Bonchev–Trinajstić information content (AvgIpc) is 2.24. The monoisotopic (exact) mass is 242 g/mol. The van der Waals surface area contributed by atoms with Gasteiger partial charge in [-0.2, -0.15) is 0 Å². The molecule has 0 aliphatic carbocycles. The Morgan fingerprint density at radius 3 is 2.18 bits per heavy atom. The third-order valence-corrected chi connectivity index (χ3v) is 2.86. The lowest BCUT2D eigenvalue weighted by Gasteiger charge is -2.31. The molecule has 2 N–H and O–H groups in total. The Balaban J connectivity index is 4.62. The first-order valence-corrected chi connectivity index (χ1v) is 6.42. The summed E-state index contributed by atoms with van der Waals surface area (Å²) in [5, 5.41) is 0. The van der Waals surface area contributed by atoms with E-state index in [0.29, 0.717) is 6.54 Å². The molecule has 0 saturated carbocycles. The molecule has 0 aromatic carbocycles. The van der Waals surface area contributed by atoms with Crippen molar-refractivity contribution < 1.29 is 9.59 Å². The summed E-state index contributed by atoms with van der Waals surface area (Å²) >= 11 is 0. The second-order valence-corrected chi connectivity index (χ2v) is 5.18. The molecule has 0 saturated heterocycles. The highest BCUT2D eigenvalue weighted by atomic mass is 16.2. The van der Waals surface area contributed by atoms with Crippen LogP contribution < -0.4 is 5.73 Å². The fraction of sp³-hybridized carbons (Fsp3) is 0.846. The normalized spacial score (nSPS) is 11.3. The number of hydrogen-bond acceptors (Lipinski definition) is 2. The molecular weight excluding hydrogens is 216 g/mol. The van der Waals surface area contributed by atoms with Crippen molar-refractivity contribution in [2.24, 2.45) is 11.1 Å². The number of hydrogen-bond donors (Lipinski definition) is 1. The number of nitrogens with zero attached hydrogens (tertiary/aromatic N) is 1. The molecule has 0 aromatic heterocycles. The van der Waals surface area contributed by atoms with Crippen molar-refractivity contribution in [3.05, 3.63) is 0 Å². The van der Waals surface area contributed by atoms with E-state index in [4.69, 9.17) is 5.73 Å². The Morgan fingerprint density at radius 2 is 1.76 bits per heavy atom. The van der Waals surface area contributed by atoms with Gasteiger partial charge in [0.1, 0.15) is 0 Å². The van der Waals surface area contributed by atoms with Crippen molar-refractivity contribution in [3.63, 3.8) is 0 Å². The van der Waals surface area contributed by atoms with Crippen LogP contribution in [0.5, 0.6) is 0 Å². The van der Waals surface area contributed by atoms with Gasteiger partial charge in [0, 0.05) is 12.0 Å². The zero-order valence-electron chi connectivity index (χ0n) is 11.6. The molecular formula is C13H26N2O2. The van der Waals surface area contributed by atoms with E-state index in [2.05, 4.69) is 6.92 Å². The average molecular weight is 242 g/mol. The van der Waals surface area contributed by atoms with Crippen LogP contribution >= 0.6 is 0 Å². The zero-order chi connectivity index (χ0) is 13.5. The highest BCUT2D eigenvalue weighted by molar-refractivity contribution is 5.86. The Hall–Kier alpha value is -1.06. The van der Waals surface area contributed by atoms with E-state index in [-0.39, 0.29) is 12.5 Å². The fourth-order valence-electron chi connectivity index (χ4n) is 1.86. The lowest BCUT2D eigenvalue weighted by atomic mass is 9.85. The van der Waals surface area contributed by atoms with E-state index in [1.54, 1.807) is 4.90 Å². The van der Waals surface area contributed by atoms with Crippen molar-refractivity contribution in [2.45, 2.75) is 53.4 Å². The first-order chi connectivity index (χ1) is 7.85. The lowest BCUT2D eigenvalue weighted by molar-refractivity contribution is -0.143. The van der Waals surface area contributed by atoms with Crippen molar-refractivity contribution >= 4 is 11.8 Å². The van der Waals surface area contributed by atoms with Crippen molar-refractivity contribution in [1.82, 2.24) is 4.90 Å². The van der Waals surface area contributed by atoms with E-state index in [1.807, 2.05) is 20.8 Å². The van der Waals surface area contributed by atoms with Gasteiger partial charge in [0.05, 0.1) is 6.54 Å². The van der Waals surface area contributed by atoms with Gasteiger partial charge in [-0.25, -0.2) is 0 Å². The molecule has 0 radical (unpaired) electrons. The minimum absolute atomic E-state index is 0.0300. The second-order valence-electron chi connectivity index (χ2n) is 5.18. The first kappa shape index (κ1) is 15.9. The predicted octanol–water partition coefficient (Wildman–Crippen LogP) is 1.93. The van der Waals surface area contributed by atoms with Crippen LogP contribution in [0.4, 0.5) is 0 Å². The Bertz CT molecular complexity index is 262. The van der Waals surface area contributed by atoms with Crippen LogP contribution in [0, 0.1) is 5.41 Å². The molecule has 0 aliphatic rings. The summed E-state index contributed by atoms with van der Waals surface area (Å²) in [6, 6.07) is 0. The molecule has 0 bridgehead atoms. The topological polar surface area (TPSA) is 63.4 Å². The fourth-order valence-corrected chi connectivity index (χ4v) is 1.86. The van der Waals surface area contributed by atoms with Gasteiger partial charge < -0.3 is 10.6 Å². The number of primary amides is 1. The van der Waals surface area contributed by atoms with E-state index >= 15 is 0 Å². The maximum Gasteiger partial charge on any atom is 0.237 e. The number of amides is 2. The molecule has 4 heteroatoms. The molecule has 0 rings (SSSR count). The lowest BCUT2D eigenvalue weighted by Crippen LogP contribution is -2.45. The smallest absolute Gasteiger partial charge is 0.237 e. The van der Waals surface area contributed by atoms with Gasteiger partial charge in [0.15, 0.2) is 0 Å². The third-order valence-electron chi connectivity index (χ3n) is 2.86. The molecule has 0 atom stereocenters. The molecule has 0 fully saturated rings. The van der Waals surface area contributed by atoms with Gasteiger partial charge in [0.2, 0.25) is 11.8 Å². The molecule has 0 heterocycles. The summed E-state index contributed by atoms with van der Waals surface area (Å²) in [7, 11) is 0. The molecule has 0 aliphatic heterocycles. The number of carbonyl (C=O) groups is 2.